The van der Waals surface area contributed by atoms with Crippen molar-refractivity contribution < 1.29 is 14.4 Å². The van der Waals surface area contributed by atoms with Crippen molar-refractivity contribution >= 4 is 11.7 Å². The average molecular weight is 327 g/mol. The Bertz CT molecular complexity index is 670. The van der Waals surface area contributed by atoms with E-state index in [4.69, 9.17) is 15.3 Å². The molecule has 0 aliphatic heterocycles. The van der Waals surface area contributed by atoms with E-state index in [9.17, 15) is 4.79 Å². The number of carbonyl (C=O) groups is 1. The van der Waals surface area contributed by atoms with Crippen LogP contribution in [0.3, 0.4) is 0 Å². The number of amides is 1. The second-order valence-corrected chi connectivity index (χ2v) is 5.14. The van der Waals surface area contributed by atoms with Crippen LogP contribution >= 0.6 is 0 Å². The number of hydrogen-bond donors (Lipinski definition) is 2. The zero-order valence-electron chi connectivity index (χ0n) is 13.6. The van der Waals surface area contributed by atoms with Crippen molar-refractivity contribution in [1.82, 2.24) is 5.32 Å². The Labute approximate surface area is 141 Å². The number of methoxy groups -OCH3 is 1. The van der Waals surface area contributed by atoms with Crippen molar-refractivity contribution in [3.8, 4) is 5.75 Å². The third-order valence-corrected chi connectivity index (χ3v) is 3.25. The maximum atomic E-state index is 11.7. The van der Waals surface area contributed by atoms with Crippen molar-refractivity contribution in [2.45, 2.75) is 13.0 Å². The minimum atomic E-state index is -0.262. The van der Waals surface area contributed by atoms with Gasteiger partial charge in [-0.3, -0.25) is 4.79 Å². The molecule has 0 radical (unpaired) electrons. The molecule has 0 bridgehead atoms. The maximum Gasteiger partial charge on any atom is 0.261 e. The van der Waals surface area contributed by atoms with E-state index in [0.717, 1.165) is 16.9 Å². The second-order valence-electron chi connectivity index (χ2n) is 5.14. The Hall–Kier alpha value is -3.02. The highest BCUT2D eigenvalue weighted by Crippen LogP contribution is 2.10. The summed E-state index contributed by atoms with van der Waals surface area (Å²) in [5, 5.41) is 6.50. The Morgan fingerprint density at radius 1 is 1.08 bits per heavy atom. The number of benzene rings is 2. The fourth-order valence-electron chi connectivity index (χ4n) is 2.01. The lowest BCUT2D eigenvalue weighted by Crippen LogP contribution is -2.27. The third kappa shape index (κ3) is 6.00. The molecule has 126 valence electrons. The van der Waals surface area contributed by atoms with Gasteiger partial charge >= 0.3 is 0 Å². The fourth-order valence-corrected chi connectivity index (χ4v) is 2.01. The monoisotopic (exact) mass is 327 g/mol. The van der Waals surface area contributed by atoms with Crippen LogP contribution in [0.15, 0.2) is 59.8 Å². The van der Waals surface area contributed by atoms with E-state index in [2.05, 4.69) is 10.5 Å². The normalized spacial score (nSPS) is 11.0. The smallest absolute Gasteiger partial charge is 0.261 e. The summed E-state index contributed by atoms with van der Waals surface area (Å²) in [6.07, 6.45) is 0.480. The van der Waals surface area contributed by atoms with Crippen LogP contribution in [0.25, 0.3) is 0 Å². The van der Waals surface area contributed by atoms with Crippen molar-refractivity contribution in [3.63, 3.8) is 0 Å². The molecule has 0 saturated carbocycles. The number of nitrogens with two attached hydrogens (primary N) is 1. The molecule has 0 fully saturated rings. The molecule has 0 spiro atoms. The van der Waals surface area contributed by atoms with Gasteiger partial charge in [-0.2, -0.15) is 0 Å². The molecule has 6 nitrogen and oxygen atoms in total. The average Bonchev–Trinajstić information content (AvgIpc) is 2.61. The molecule has 2 aromatic carbocycles. The van der Waals surface area contributed by atoms with Gasteiger partial charge in [0.2, 0.25) is 0 Å². The number of carbonyl (C=O) groups excluding carboxylic acids is 1. The minimum Gasteiger partial charge on any atom is -0.497 e. The largest absolute Gasteiger partial charge is 0.497 e. The van der Waals surface area contributed by atoms with E-state index < -0.39 is 0 Å². The first kappa shape index (κ1) is 17.3. The van der Waals surface area contributed by atoms with E-state index in [0.29, 0.717) is 18.8 Å². The van der Waals surface area contributed by atoms with Gasteiger partial charge in [-0.05, 0) is 23.3 Å². The summed E-state index contributed by atoms with van der Waals surface area (Å²) in [5.41, 5.74) is 7.77. The molecule has 0 aromatic heterocycles. The second kappa shape index (κ2) is 9.19. The lowest BCUT2D eigenvalue weighted by Gasteiger charge is -2.06. The molecule has 0 unspecified atom stereocenters. The predicted octanol–water partition coefficient (Wildman–Crippen LogP) is 1.84. The van der Waals surface area contributed by atoms with Gasteiger partial charge in [-0.25, -0.2) is 0 Å². The molecule has 0 aliphatic carbocycles. The topological polar surface area (TPSA) is 85.9 Å². The van der Waals surface area contributed by atoms with Gasteiger partial charge in [-0.15, -0.1) is 0 Å². The highest BCUT2D eigenvalue weighted by Gasteiger charge is 2.03. The van der Waals surface area contributed by atoms with Gasteiger partial charge in [0.25, 0.3) is 5.91 Å². The summed E-state index contributed by atoms with van der Waals surface area (Å²) in [6, 6.07) is 17.1. The first-order valence-electron chi connectivity index (χ1n) is 7.55. The molecular formula is C18H21N3O3. The van der Waals surface area contributed by atoms with Gasteiger partial charge in [-0.1, -0.05) is 47.6 Å². The lowest BCUT2D eigenvalue weighted by atomic mass is 10.1. The van der Waals surface area contributed by atoms with E-state index in [1.807, 2.05) is 54.6 Å². The Morgan fingerprint density at radius 2 is 1.79 bits per heavy atom. The van der Waals surface area contributed by atoms with Crippen LogP contribution in [-0.2, 0) is 22.6 Å². The minimum absolute atomic E-state index is 0.175. The van der Waals surface area contributed by atoms with Crippen molar-refractivity contribution in [3.05, 3.63) is 65.7 Å². The van der Waals surface area contributed by atoms with Crippen molar-refractivity contribution in [1.29, 1.82) is 0 Å². The standard InChI is InChI=1S/C18H21N3O3/c1-23-16-9-7-15(8-10-16)12-20-18(22)13-24-21-17(19)11-14-5-3-2-4-6-14/h2-10H,11-13H2,1H3,(H2,19,21)(H,20,22). The van der Waals surface area contributed by atoms with E-state index >= 15 is 0 Å². The van der Waals surface area contributed by atoms with Crippen LogP contribution in [0.1, 0.15) is 11.1 Å². The summed E-state index contributed by atoms with van der Waals surface area (Å²) in [4.78, 5) is 16.7. The van der Waals surface area contributed by atoms with Crippen LogP contribution in [0.5, 0.6) is 5.75 Å². The van der Waals surface area contributed by atoms with E-state index in [-0.39, 0.29) is 12.5 Å². The SMILES string of the molecule is COc1ccc(CNC(=O)CO/N=C(/N)Cc2ccccc2)cc1. The molecular weight excluding hydrogens is 306 g/mol. The highest BCUT2D eigenvalue weighted by atomic mass is 16.6. The zero-order chi connectivity index (χ0) is 17.2. The number of amidine groups is 1. The Kier molecular flexibility index (Phi) is 6.64. The lowest BCUT2D eigenvalue weighted by molar-refractivity contribution is -0.125. The summed E-state index contributed by atoms with van der Waals surface area (Å²) < 4.78 is 5.08. The molecule has 2 rings (SSSR count). The van der Waals surface area contributed by atoms with Crippen LogP contribution < -0.4 is 15.8 Å². The molecule has 6 heteroatoms. The summed E-state index contributed by atoms with van der Waals surface area (Å²) in [5.74, 6) is 0.836. The molecule has 1 amide bonds. The van der Waals surface area contributed by atoms with Gasteiger partial charge < -0.3 is 20.6 Å². The van der Waals surface area contributed by atoms with Crippen molar-refractivity contribution in [2.75, 3.05) is 13.7 Å². The van der Waals surface area contributed by atoms with Crippen LogP contribution in [0.2, 0.25) is 0 Å². The van der Waals surface area contributed by atoms with Crippen molar-refractivity contribution in [2.24, 2.45) is 10.9 Å². The predicted molar refractivity (Wildman–Crippen MR) is 92.6 cm³/mol. The van der Waals surface area contributed by atoms with Gasteiger partial charge in [0.05, 0.1) is 7.11 Å². The first-order valence-corrected chi connectivity index (χ1v) is 7.55. The molecule has 0 aliphatic rings. The first-order chi connectivity index (χ1) is 11.7. The molecule has 0 atom stereocenters. The Balaban J connectivity index is 1.69. The van der Waals surface area contributed by atoms with Crippen LogP contribution in [-0.4, -0.2) is 25.5 Å². The number of nitrogens with one attached hydrogen (secondary N) is 1. The van der Waals surface area contributed by atoms with E-state index in [1.165, 1.54) is 0 Å². The number of oxime groups is 1. The summed E-state index contributed by atoms with van der Waals surface area (Å²) >= 11 is 0. The van der Waals surface area contributed by atoms with Gasteiger partial charge in [0.15, 0.2) is 6.61 Å². The van der Waals surface area contributed by atoms with Gasteiger partial charge in [0.1, 0.15) is 11.6 Å². The molecule has 0 saturated heterocycles. The Morgan fingerprint density at radius 3 is 2.46 bits per heavy atom. The number of rotatable bonds is 8. The molecule has 3 N–H and O–H groups in total. The summed E-state index contributed by atoms with van der Waals surface area (Å²) in [6.45, 7) is 0.237. The molecule has 24 heavy (non-hydrogen) atoms. The van der Waals surface area contributed by atoms with Crippen LogP contribution in [0.4, 0.5) is 0 Å². The number of ether oxygens (including phenoxy) is 1. The number of hydrogen-bond acceptors (Lipinski definition) is 4. The van der Waals surface area contributed by atoms with Gasteiger partial charge in [0, 0.05) is 13.0 Å². The quantitative estimate of drug-likeness (QED) is 0.440. The molecule has 0 heterocycles. The highest BCUT2D eigenvalue weighted by molar-refractivity contribution is 5.82. The fraction of sp³-hybridized carbons (Fsp3) is 0.222. The third-order valence-electron chi connectivity index (χ3n) is 3.25. The molecule has 2 aromatic rings. The van der Waals surface area contributed by atoms with E-state index in [1.54, 1.807) is 7.11 Å². The maximum absolute atomic E-state index is 11.7. The zero-order valence-corrected chi connectivity index (χ0v) is 13.6. The number of nitrogens with zero attached hydrogens (tertiary/aromatic N) is 1. The van der Waals surface area contributed by atoms with Crippen LogP contribution in [0, 0.1) is 0 Å². The summed E-state index contributed by atoms with van der Waals surface area (Å²) in [7, 11) is 1.61.